The summed E-state index contributed by atoms with van der Waals surface area (Å²) in [4.78, 5) is 11.5. The number of phenols is 1. The molecule has 2 rings (SSSR count). The van der Waals surface area contributed by atoms with Crippen molar-refractivity contribution >= 4 is 11.5 Å². The largest absolute Gasteiger partial charge is 0.513 e. The molecule has 0 aliphatic carbocycles. The Kier molecular flexibility index (Phi) is 7.92. The molecule has 0 unspecified atom stereocenters. The molecule has 0 aromatic heterocycles. The van der Waals surface area contributed by atoms with Crippen LogP contribution in [0, 0.1) is 11.8 Å². The summed E-state index contributed by atoms with van der Waals surface area (Å²) >= 11 is 0. The number of hydrogen-bond donors (Lipinski definition) is 3. The van der Waals surface area contributed by atoms with Gasteiger partial charge in [-0.3, -0.25) is 0 Å². The highest BCUT2D eigenvalue weighted by Crippen LogP contribution is 2.34. The van der Waals surface area contributed by atoms with Crippen molar-refractivity contribution in [3.8, 4) is 17.6 Å². The minimum Gasteiger partial charge on any atom is -0.513 e. The highest BCUT2D eigenvalue weighted by Gasteiger charge is 2.33. The molecule has 0 aliphatic heterocycles. The van der Waals surface area contributed by atoms with Crippen molar-refractivity contribution < 1.29 is 33.3 Å². The summed E-state index contributed by atoms with van der Waals surface area (Å²) in [5.41, 5.74) is -0.223. The maximum Gasteiger partial charge on any atom is 0.417 e. The number of aromatic hydroxyl groups is 1. The number of carboxylic acid groups (broad SMARTS) is 1. The van der Waals surface area contributed by atoms with Crippen LogP contribution in [0.2, 0.25) is 0 Å². The predicted octanol–water partition coefficient (Wildman–Crippen LogP) is 6.32. The third-order valence-corrected chi connectivity index (χ3v) is 4.26. The van der Waals surface area contributed by atoms with Crippen LogP contribution in [-0.2, 0) is 6.18 Å². The normalized spacial score (nSPS) is 12.5. The van der Waals surface area contributed by atoms with Crippen LogP contribution in [0.3, 0.4) is 0 Å². The number of aliphatic hydroxyl groups excluding tert-OH is 1. The molecule has 0 saturated carbocycles. The lowest BCUT2D eigenvalue weighted by Crippen LogP contribution is -2.07. The quantitative estimate of drug-likeness (QED) is 0.288. The minimum absolute atomic E-state index is 0.0216. The molecule has 0 heterocycles. The fraction of sp³-hybridized carbons (Fsp3) is 0.160. The predicted molar refractivity (Wildman–Crippen MR) is 116 cm³/mol. The van der Waals surface area contributed by atoms with E-state index in [0.29, 0.717) is 29.2 Å². The molecule has 7 heteroatoms. The van der Waals surface area contributed by atoms with Crippen molar-refractivity contribution in [2.24, 2.45) is 0 Å². The Labute approximate surface area is 183 Å². The van der Waals surface area contributed by atoms with Crippen LogP contribution in [0.4, 0.5) is 13.2 Å². The van der Waals surface area contributed by atoms with Crippen molar-refractivity contribution in [1.29, 1.82) is 0 Å². The van der Waals surface area contributed by atoms with E-state index in [2.05, 4.69) is 11.8 Å². The Bertz CT molecular complexity index is 1160. The monoisotopic (exact) mass is 442 g/mol. The van der Waals surface area contributed by atoms with Gasteiger partial charge in [-0.15, -0.1) is 0 Å². The number of allylic oxidation sites excluding steroid dienone is 6. The van der Waals surface area contributed by atoms with E-state index in [0.717, 1.165) is 12.1 Å². The van der Waals surface area contributed by atoms with Gasteiger partial charge in [-0.05, 0) is 67.0 Å². The number of phenolic OH excluding ortho intramolecular Hbond substituents is 1. The molecule has 166 valence electrons. The fourth-order valence-electron chi connectivity index (χ4n) is 2.73. The third kappa shape index (κ3) is 6.54. The Morgan fingerprint density at radius 1 is 1.03 bits per heavy atom. The molecule has 0 bridgehead atoms. The molecule has 4 nitrogen and oxygen atoms in total. The summed E-state index contributed by atoms with van der Waals surface area (Å²) in [5, 5.41) is 28.3. The first-order chi connectivity index (χ1) is 15.0. The number of halogens is 3. The number of rotatable bonds is 5. The van der Waals surface area contributed by atoms with E-state index in [9.17, 15) is 33.3 Å². The molecule has 0 fully saturated rings. The van der Waals surface area contributed by atoms with Crippen LogP contribution in [0.5, 0.6) is 5.75 Å². The van der Waals surface area contributed by atoms with Gasteiger partial charge in [-0.1, -0.05) is 37.0 Å². The molecule has 2 aromatic rings. The zero-order valence-electron chi connectivity index (χ0n) is 17.4. The standard InChI is InChI=1S/C25H21F3O4/c1-3-4-5-17(7-6-16(2)29)22-14-20(24(31)32)11-9-18(22)8-10-19-12-13-21(30)15-23(19)25(26,27)28/h4-7,9,11-15,29-30H,3H2,1-2H3,(H,31,32)/b5-4-,16-6+,17-7+. The highest BCUT2D eigenvalue weighted by atomic mass is 19.4. The number of alkyl halides is 3. The number of aromatic carboxylic acids is 1. The van der Waals surface area contributed by atoms with E-state index in [4.69, 9.17) is 0 Å². The fourth-order valence-corrected chi connectivity index (χ4v) is 2.73. The van der Waals surface area contributed by atoms with Crippen molar-refractivity contribution in [1.82, 2.24) is 0 Å². The molecule has 3 N–H and O–H groups in total. The maximum atomic E-state index is 13.3. The van der Waals surface area contributed by atoms with Crippen molar-refractivity contribution in [3.63, 3.8) is 0 Å². The summed E-state index contributed by atoms with van der Waals surface area (Å²) in [6, 6.07) is 6.89. The van der Waals surface area contributed by atoms with E-state index in [1.165, 1.54) is 31.2 Å². The first-order valence-corrected chi connectivity index (χ1v) is 9.57. The van der Waals surface area contributed by atoms with Gasteiger partial charge < -0.3 is 15.3 Å². The summed E-state index contributed by atoms with van der Waals surface area (Å²) in [7, 11) is 0. The number of carbonyl (C=O) groups is 1. The third-order valence-electron chi connectivity index (χ3n) is 4.26. The van der Waals surface area contributed by atoms with Crippen LogP contribution in [0.25, 0.3) is 5.57 Å². The molecule has 0 atom stereocenters. The van der Waals surface area contributed by atoms with E-state index in [1.807, 2.05) is 13.0 Å². The Morgan fingerprint density at radius 2 is 1.69 bits per heavy atom. The number of aliphatic hydroxyl groups is 1. The topological polar surface area (TPSA) is 77.8 Å². The van der Waals surface area contributed by atoms with Crippen LogP contribution >= 0.6 is 0 Å². The molecule has 0 amide bonds. The summed E-state index contributed by atoms with van der Waals surface area (Å²) < 4.78 is 40.0. The molecule has 0 saturated heterocycles. The second-order valence-electron chi connectivity index (χ2n) is 6.78. The van der Waals surface area contributed by atoms with E-state index in [-0.39, 0.29) is 16.9 Å². The van der Waals surface area contributed by atoms with E-state index < -0.39 is 23.5 Å². The summed E-state index contributed by atoms with van der Waals surface area (Å²) in [6.45, 7) is 3.37. The summed E-state index contributed by atoms with van der Waals surface area (Å²) in [6.07, 6.45) is 2.49. The lowest BCUT2D eigenvalue weighted by atomic mass is 9.95. The van der Waals surface area contributed by atoms with Gasteiger partial charge in [-0.25, -0.2) is 4.79 Å². The minimum atomic E-state index is -4.71. The van der Waals surface area contributed by atoms with Gasteiger partial charge >= 0.3 is 12.1 Å². The second-order valence-corrected chi connectivity index (χ2v) is 6.78. The highest BCUT2D eigenvalue weighted by molar-refractivity contribution is 5.91. The van der Waals surface area contributed by atoms with Crippen molar-refractivity contribution in [3.05, 3.63) is 94.3 Å². The molecular weight excluding hydrogens is 421 g/mol. The number of benzene rings is 2. The first-order valence-electron chi connectivity index (χ1n) is 9.57. The average molecular weight is 442 g/mol. The van der Waals surface area contributed by atoms with E-state index in [1.54, 1.807) is 12.2 Å². The Morgan fingerprint density at radius 3 is 2.28 bits per heavy atom. The SMILES string of the molecule is CC\C=C/C(=C\C=C(/C)O)c1cc(C(=O)O)ccc1C#Cc1ccc(O)cc1C(F)(F)F. The summed E-state index contributed by atoms with van der Waals surface area (Å²) in [5.74, 6) is 3.49. The average Bonchev–Trinajstić information content (AvgIpc) is 2.72. The maximum absolute atomic E-state index is 13.3. The van der Waals surface area contributed by atoms with Crippen LogP contribution in [0.15, 0.2) is 66.5 Å². The second kappa shape index (κ2) is 10.4. The molecule has 0 aliphatic rings. The molecular formula is C25H21F3O4. The van der Waals surface area contributed by atoms with E-state index >= 15 is 0 Å². The van der Waals surface area contributed by atoms with Gasteiger partial charge in [0.2, 0.25) is 0 Å². The van der Waals surface area contributed by atoms with Gasteiger partial charge in [0.25, 0.3) is 0 Å². The van der Waals surface area contributed by atoms with Gasteiger partial charge in [0, 0.05) is 11.1 Å². The zero-order chi connectivity index (χ0) is 23.9. The number of carboxylic acids is 1. The Hall–Kier alpha value is -3.92. The smallest absolute Gasteiger partial charge is 0.417 e. The Balaban J connectivity index is 2.72. The van der Waals surface area contributed by atoms with Gasteiger partial charge in [0.15, 0.2) is 0 Å². The lowest BCUT2D eigenvalue weighted by Gasteiger charge is -2.10. The number of hydrogen-bond acceptors (Lipinski definition) is 3. The van der Waals surface area contributed by atoms with Crippen LogP contribution in [-0.4, -0.2) is 21.3 Å². The molecule has 0 radical (unpaired) electrons. The van der Waals surface area contributed by atoms with Crippen molar-refractivity contribution in [2.75, 3.05) is 0 Å². The molecule has 2 aromatic carbocycles. The van der Waals surface area contributed by atoms with Crippen molar-refractivity contribution in [2.45, 2.75) is 26.4 Å². The van der Waals surface area contributed by atoms with Gasteiger partial charge in [0.05, 0.1) is 16.9 Å². The van der Waals surface area contributed by atoms with Crippen LogP contribution in [0.1, 0.15) is 52.9 Å². The lowest BCUT2D eigenvalue weighted by molar-refractivity contribution is -0.137. The van der Waals surface area contributed by atoms with Crippen LogP contribution < -0.4 is 0 Å². The van der Waals surface area contributed by atoms with Gasteiger partial charge in [0.1, 0.15) is 5.75 Å². The zero-order valence-corrected chi connectivity index (χ0v) is 17.4. The molecule has 0 spiro atoms. The first kappa shape index (κ1) is 24.4. The molecule has 32 heavy (non-hydrogen) atoms. The van der Waals surface area contributed by atoms with Gasteiger partial charge in [-0.2, -0.15) is 13.2 Å².